The molecule has 0 saturated carbocycles. The fourth-order valence-corrected chi connectivity index (χ4v) is 3.95. The van der Waals surface area contributed by atoms with Crippen molar-refractivity contribution in [3.8, 4) is 0 Å². The Labute approximate surface area is 161 Å². The molecule has 2 saturated heterocycles. The summed E-state index contributed by atoms with van der Waals surface area (Å²) in [7, 11) is 1.62. The number of aliphatic hydroxyl groups is 1. The summed E-state index contributed by atoms with van der Waals surface area (Å²) in [6.45, 7) is 9.22. The quantitative estimate of drug-likeness (QED) is 0.759. The molecule has 1 amide bonds. The first-order chi connectivity index (χ1) is 12.9. The fourth-order valence-electron chi connectivity index (χ4n) is 3.95. The first kappa shape index (κ1) is 20.0. The summed E-state index contributed by atoms with van der Waals surface area (Å²) in [4.78, 5) is 27.9. The number of piperidine rings is 1. The molecule has 1 atom stereocenters. The van der Waals surface area contributed by atoms with Gasteiger partial charge in [-0.25, -0.2) is 9.97 Å². The lowest BCUT2D eigenvalue weighted by Crippen LogP contribution is -2.61. The summed E-state index contributed by atoms with van der Waals surface area (Å²) in [6, 6.07) is 1.97. The number of aryl methyl sites for hydroxylation is 2. The van der Waals surface area contributed by atoms with Crippen LogP contribution in [0.2, 0.25) is 0 Å². The van der Waals surface area contributed by atoms with Crippen molar-refractivity contribution in [2.75, 3.05) is 64.4 Å². The minimum Gasteiger partial charge on any atom is -0.383 e. The maximum absolute atomic E-state index is 12.8. The van der Waals surface area contributed by atoms with Crippen molar-refractivity contribution in [3.05, 3.63) is 17.5 Å². The number of methoxy groups -OCH3 is 1. The maximum Gasteiger partial charge on any atom is 0.255 e. The van der Waals surface area contributed by atoms with Crippen molar-refractivity contribution < 1.29 is 14.6 Å². The number of β-amino-alcohol motifs (C(OH)–C–C–N with tert-alkyl or cyclic N) is 1. The van der Waals surface area contributed by atoms with Crippen molar-refractivity contribution in [1.82, 2.24) is 19.8 Å². The predicted molar refractivity (Wildman–Crippen MR) is 103 cm³/mol. The molecule has 2 aliphatic rings. The number of ether oxygens (including phenoxy) is 1. The molecule has 8 nitrogen and oxygen atoms in total. The number of rotatable bonds is 6. The second-order valence-electron chi connectivity index (χ2n) is 7.63. The van der Waals surface area contributed by atoms with Crippen LogP contribution in [0.5, 0.6) is 0 Å². The van der Waals surface area contributed by atoms with Crippen LogP contribution < -0.4 is 4.90 Å². The summed E-state index contributed by atoms with van der Waals surface area (Å²) in [5.74, 6) is 0.608. The fraction of sp³-hybridized carbons (Fsp3) is 0.737. The highest BCUT2D eigenvalue weighted by molar-refractivity contribution is 5.86. The molecule has 2 fully saturated rings. The lowest BCUT2D eigenvalue weighted by molar-refractivity contribution is -0.160. The van der Waals surface area contributed by atoms with Crippen molar-refractivity contribution >= 4 is 11.9 Å². The van der Waals surface area contributed by atoms with Crippen LogP contribution in [0, 0.1) is 13.8 Å². The second-order valence-corrected chi connectivity index (χ2v) is 7.63. The van der Waals surface area contributed by atoms with Crippen LogP contribution in [0.25, 0.3) is 0 Å². The third kappa shape index (κ3) is 4.75. The highest BCUT2D eigenvalue weighted by Crippen LogP contribution is 2.25. The number of piperazine rings is 1. The molecule has 27 heavy (non-hydrogen) atoms. The summed E-state index contributed by atoms with van der Waals surface area (Å²) in [6.07, 6.45) is 1.35. The van der Waals surface area contributed by atoms with E-state index in [1.807, 2.05) is 19.9 Å². The number of anilines is 1. The molecule has 2 aliphatic heterocycles. The molecule has 1 N–H and O–H groups in total. The number of aromatic nitrogens is 2. The smallest absolute Gasteiger partial charge is 0.255 e. The minimum atomic E-state index is -1.29. The van der Waals surface area contributed by atoms with Gasteiger partial charge in [0.15, 0.2) is 5.60 Å². The van der Waals surface area contributed by atoms with Crippen LogP contribution in [0.3, 0.4) is 0 Å². The summed E-state index contributed by atoms with van der Waals surface area (Å²) in [5, 5.41) is 11.0. The molecule has 3 heterocycles. The van der Waals surface area contributed by atoms with Gasteiger partial charge in [0.25, 0.3) is 5.91 Å². The van der Waals surface area contributed by atoms with E-state index in [4.69, 9.17) is 4.74 Å². The van der Waals surface area contributed by atoms with E-state index in [0.717, 1.165) is 49.9 Å². The average molecular weight is 377 g/mol. The van der Waals surface area contributed by atoms with Crippen molar-refractivity contribution in [2.45, 2.75) is 32.3 Å². The zero-order chi connectivity index (χ0) is 19.4. The molecule has 0 aliphatic carbocycles. The second kappa shape index (κ2) is 8.50. The number of carbonyl (C=O) groups excluding carboxylic acids is 1. The Kier molecular flexibility index (Phi) is 6.29. The lowest BCUT2D eigenvalue weighted by atomic mass is 9.91. The SMILES string of the molecule is COCCN1CCC[C@](O)(CN2CCN(c3nc(C)cc(C)n3)CC2)C1=O. The normalized spacial score (nSPS) is 24.5. The zero-order valence-corrected chi connectivity index (χ0v) is 16.6. The predicted octanol–water partition coefficient (Wildman–Crippen LogP) is 0.215. The summed E-state index contributed by atoms with van der Waals surface area (Å²) >= 11 is 0. The van der Waals surface area contributed by atoms with E-state index < -0.39 is 5.60 Å². The Balaban J connectivity index is 1.57. The van der Waals surface area contributed by atoms with Crippen molar-refractivity contribution in [3.63, 3.8) is 0 Å². The van der Waals surface area contributed by atoms with Gasteiger partial charge in [0, 0.05) is 64.3 Å². The van der Waals surface area contributed by atoms with Gasteiger partial charge in [0.1, 0.15) is 0 Å². The molecule has 0 radical (unpaired) electrons. The van der Waals surface area contributed by atoms with Crippen molar-refractivity contribution in [2.24, 2.45) is 0 Å². The van der Waals surface area contributed by atoms with E-state index >= 15 is 0 Å². The molecule has 150 valence electrons. The number of hydrogen-bond donors (Lipinski definition) is 1. The Hall–Kier alpha value is -1.77. The Morgan fingerprint density at radius 1 is 1.15 bits per heavy atom. The number of amides is 1. The Bertz CT molecular complexity index is 642. The number of likely N-dealkylation sites (tertiary alicyclic amines) is 1. The highest BCUT2D eigenvalue weighted by Gasteiger charge is 2.43. The van der Waals surface area contributed by atoms with E-state index in [2.05, 4.69) is 19.8 Å². The monoisotopic (exact) mass is 377 g/mol. The van der Waals surface area contributed by atoms with Gasteiger partial charge in [-0.1, -0.05) is 0 Å². The van der Waals surface area contributed by atoms with Crippen LogP contribution in [-0.4, -0.2) is 95.9 Å². The topological polar surface area (TPSA) is 82.0 Å². The van der Waals surface area contributed by atoms with Gasteiger partial charge in [-0.15, -0.1) is 0 Å². The van der Waals surface area contributed by atoms with Crippen LogP contribution in [0.15, 0.2) is 6.07 Å². The highest BCUT2D eigenvalue weighted by atomic mass is 16.5. The lowest BCUT2D eigenvalue weighted by Gasteiger charge is -2.43. The molecular weight excluding hydrogens is 346 g/mol. The van der Waals surface area contributed by atoms with Gasteiger partial charge >= 0.3 is 0 Å². The van der Waals surface area contributed by atoms with E-state index in [9.17, 15) is 9.90 Å². The van der Waals surface area contributed by atoms with E-state index in [1.54, 1.807) is 12.0 Å². The summed E-state index contributed by atoms with van der Waals surface area (Å²) in [5.41, 5.74) is 0.654. The van der Waals surface area contributed by atoms with Gasteiger partial charge in [-0.3, -0.25) is 9.69 Å². The molecule has 0 spiro atoms. The van der Waals surface area contributed by atoms with Crippen LogP contribution >= 0.6 is 0 Å². The molecule has 3 rings (SSSR count). The van der Waals surface area contributed by atoms with Crippen LogP contribution in [-0.2, 0) is 9.53 Å². The number of hydrogen-bond acceptors (Lipinski definition) is 7. The molecule has 1 aromatic heterocycles. The molecule has 0 unspecified atom stereocenters. The van der Waals surface area contributed by atoms with E-state index in [0.29, 0.717) is 32.7 Å². The summed E-state index contributed by atoms with van der Waals surface area (Å²) < 4.78 is 5.08. The van der Waals surface area contributed by atoms with Gasteiger partial charge < -0.3 is 19.6 Å². The van der Waals surface area contributed by atoms with Gasteiger partial charge in [-0.2, -0.15) is 0 Å². The molecule has 0 aromatic carbocycles. The molecule has 1 aromatic rings. The standard InChI is InChI=1S/C19H31N5O3/c1-15-13-16(2)21-18(20-15)24-9-7-22(8-10-24)14-19(26)5-4-6-23(17(19)25)11-12-27-3/h13,26H,4-12,14H2,1-3H3/t19-/m0/s1. The molecular formula is C19H31N5O3. The number of nitrogens with zero attached hydrogens (tertiary/aromatic N) is 5. The Morgan fingerprint density at radius 2 is 1.81 bits per heavy atom. The molecule has 0 bridgehead atoms. The van der Waals surface area contributed by atoms with Gasteiger partial charge in [0.05, 0.1) is 6.61 Å². The van der Waals surface area contributed by atoms with Crippen molar-refractivity contribution in [1.29, 1.82) is 0 Å². The van der Waals surface area contributed by atoms with Gasteiger partial charge in [0.2, 0.25) is 5.95 Å². The number of carbonyl (C=O) groups is 1. The zero-order valence-electron chi connectivity index (χ0n) is 16.6. The third-order valence-corrected chi connectivity index (χ3v) is 5.38. The first-order valence-corrected chi connectivity index (χ1v) is 9.71. The first-order valence-electron chi connectivity index (χ1n) is 9.71. The van der Waals surface area contributed by atoms with Gasteiger partial charge in [-0.05, 0) is 32.8 Å². The molecule has 8 heteroatoms. The average Bonchev–Trinajstić information content (AvgIpc) is 2.63. The minimum absolute atomic E-state index is 0.161. The maximum atomic E-state index is 12.8. The van der Waals surface area contributed by atoms with Crippen LogP contribution in [0.4, 0.5) is 5.95 Å². The van der Waals surface area contributed by atoms with E-state index in [-0.39, 0.29) is 5.91 Å². The Morgan fingerprint density at radius 3 is 2.44 bits per heavy atom. The van der Waals surface area contributed by atoms with Crippen LogP contribution in [0.1, 0.15) is 24.2 Å². The third-order valence-electron chi connectivity index (χ3n) is 5.38. The largest absolute Gasteiger partial charge is 0.383 e. The van der Waals surface area contributed by atoms with E-state index in [1.165, 1.54) is 0 Å².